The summed E-state index contributed by atoms with van der Waals surface area (Å²) in [4.78, 5) is 13.4. The predicted molar refractivity (Wildman–Crippen MR) is 85.4 cm³/mol. The Morgan fingerprint density at radius 2 is 1.86 bits per heavy atom. The molecule has 2 aromatic carbocycles. The van der Waals surface area contributed by atoms with Gasteiger partial charge in [-0.3, -0.25) is 4.90 Å². The lowest BCUT2D eigenvalue weighted by Crippen LogP contribution is -2.31. The minimum absolute atomic E-state index is 0.383. The Balaban J connectivity index is 2.11. The summed E-state index contributed by atoms with van der Waals surface area (Å²) in [5, 5.41) is 0.675. The van der Waals surface area contributed by atoms with Gasteiger partial charge in [0, 0.05) is 17.6 Å². The second-order valence-corrected chi connectivity index (χ2v) is 5.44. The molecule has 0 spiro atoms. The molecule has 0 saturated heterocycles. The van der Waals surface area contributed by atoms with Crippen molar-refractivity contribution < 1.29 is 9.53 Å². The van der Waals surface area contributed by atoms with Gasteiger partial charge in [0.15, 0.2) is 0 Å². The Morgan fingerprint density at radius 3 is 2.57 bits per heavy atom. The van der Waals surface area contributed by atoms with E-state index < -0.39 is 0 Å². The fourth-order valence-electron chi connectivity index (χ4n) is 2.27. The maximum absolute atomic E-state index is 11.9. The minimum Gasteiger partial charge on any atom is -0.409 e. The quantitative estimate of drug-likeness (QED) is 0.761. The molecule has 1 aliphatic heterocycles. The normalized spacial score (nSPS) is 15.9. The molecular weight excluding hydrogens is 286 g/mol. The monoisotopic (exact) mass is 299 g/mol. The molecule has 0 fully saturated rings. The predicted octanol–water partition coefficient (Wildman–Crippen LogP) is 4.73. The van der Waals surface area contributed by atoms with Crippen molar-refractivity contribution in [1.29, 1.82) is 0 Å². The second-order valence-electron chi connectivity index (χ2n) is 5.01. The fraction of sp³-hybridized carbons (Fsp3) is 0.118. The molecule has 3 rings (SSSR count). The molecule has 0 unspecified atom stereocenters. The number of benzene rings is 2. The van der Waals surface area contributed by atoms with Crippen molar-refractivity contribution >= 4 is 35.2 Å². The van der Waals surface area contributed by atoms with Crippen LogP contribution in [0.4, 0.5) is 10.5 Å². The average Bonchev–Trinajstić information content (AvgIpc) is 2.47. The number of fused-ring (bicyclic) bond motifs is 1. The van der Waals surface area contributed by atoms with Crippen LogP contribution < -0.4 is 4.90 Å². The van der Waals surface area contributed by atoms with Crippen molar-refractivity contribution in [2.75, 3.05) is 11.9 Å². The first-order valence-corrected chi connectivity index (χ1v) is 6.96. The summed E-state index contributed by atoms with van der Waals surface area (Å²) >= 11 is 5.89. The average molecular weight is 300 g/mol. The van der Waals surface area contributed by atoms with Gasteiger partial charge in [-0.2, -0.15) is 0 Å². The highest BCUT2D eigenvalue weighted by atomic mass is 35.5. The van der Waals surface area contributed by atoms with Crippen molar-refractivity contribution in [3.8, 4) is 0 Å². The highest BCUT2D eigenvalue weighted by Crippen LogP contribution is 2.35. The van der Waals surface area contributed by atoms with Crippen LogP contribution in [0.25, 0.3) is 11.8 Å². The Morgan fingerprint density at radius 1 is 1.14 bits per heavy atom. The van der Waals surface area contributed by atoms with Crippen LogP contribution in [0.15, 0.2) is 42.5 Å². The molecule has 1 aliphatic rings. The Bertz CT molecular complexity index is 735. The summed E-state index contributed by atoms with van der Waals surface area (Å²) in [6.07, 6.45) is 1.46. The van der Waals surface area contributed by atoms with Gasteiger partial charge in [0.25, 0.3) is 0 Å². The van der Waals surface area contributed by atoms with Gasteiger partial charge in [0.1, 0.15) is 5.76 Å². The van der Waals surface area contributed by atoms with E-state index in [1.807, 2.05) is 55.5 Å². The van der Waals surface area contributed by atoms with Crippen molar-refractivity contribution in [3.05, 3.63) is 64.2 Å². The Kier molecular flexibility index (Phi) is 3.43. The van der Waals surface area contributed by atoms with Crippen LogP contribution >= 0.6 is 11.6 Å². The maximum Gasteiger partial charge on any atom is 0.419 e. The van der Waals surface area contributed by atoms with E-state index in [2.05, 4.69) is 0 Å². The number of hydrogen-bond donors (Lipinski definition) is 0. The van der Waals surface area contributed by atoms with Gasteiger partial charge < -0.3 is 4.74 Å². The first kappa shape index (κ1) is 13.7. The molecule has 0 aromatic heterocycles. The Hall–Kier alpha value is -2.26. The van der Waals surface area contributed by atoms with Crippen LogP contribution in [0.2, 0.25) is 5.02 Å². The van der Waals surface area contributed by atoms with E-state index in [-0.39, 0.29) is 6.09 Å². The van der Waals surface area contributed by atoms with E-state index in [9.17, 15) is 4.79 Å². The molecule has 106 valence electrons. The molecule has 0 N–H and O–H groups in total. The zero-order valence-electron chi connectivity index (χ0n) is 11.8. The smallest absolute Gasteiger partial charge is 0.409 e. The van der Waals surface area contributed by atoms with Crippen LogP contribution in [0, 0.1) is 6.92 Å². The summed E-state index contributed by atoms with van der Waals surface area (Å²) in [7, 11) is 1.70. The molecule has 2 aromatic rings. The standard InChI is InChI=1S/C17H14ClNO2/c1-11-3-8-15-14(9-11)16(21-17(20)19(15)2)10-12-4-6-13(18)7-5-12/h3-10H,1-2H3/b16-10-. The van der Waals surface area contributed by atoms with Crippen molar-refractivity contribution in [3.63, 3.8) is 0 Å². The van der Waals surface area contributed by atoms with Crippen LogP contribution in [-0.4, -0.2) is 13.1 Å². The van der Waals surface area contributed by atoms with E-state index in [1.165, 1.54) is 4.90 Å². The van der Waals surface area contributed by atoms with Crippen LogP contribution in [-0.2, 0) is 4.74 Å². The van der Waals surface area contributed by atoms with E-state index in [0.717, 1.165) is 22.4 Å². The van der Waals surface area contributed by atoms with Crippen LogP contribution in [0.5, 0.6) is 0 Å². The number of carbonyl (C=O) groups is 1. The molecule has 0 bridgehead atoms. The molecule has 3 nitrogen and oxygen atoms in total. The van der Waals surface area contributed by atoms with E-state index in [4.69, 9.17) is 16.3 Å². The van der Waals surface area contributed by atoms with Gasteiger partial charge in [-0.15, -0.1) is 0 Å². The highest BCUT2D eigenvalue weighted by Gasteiger charge is 2.26. The first-order valence-electron chi connectivity index (χ1n) is 6.58. The highest BCUT2D eigenvalue weighted by molar-refractivity contribution is 6.30. The zero-order valence-corrected chi connectivity index (χ0v) is 12.5. The van der Waals surface area contributed by atoms with Gasteiger partial charge in [-0.05, 0) is 42.8 Å². The lowest BCUT2D eigenvalue weighted by atomic mass is 10.0. The number of ether oxygens (including phenoxy) is 1. The number of cyclic esters (lactones) is 1. The first-order chi connectivity index (χ1) is 10.0. The van der Waals surface area contributed by atoms with Gasteiger partial charge in [0.05, 0.1) is 5.69 Å². The van der Waals surface area contributed by atoms with Crippen molar-refractivity contribution in [2.24, 2.45) is 0 Å². The molecule has 0 radical (unpaired) electrons. The summed E-state index contributed by atoms with van der Waals surface area (Å²) in [5.41, 5.74) is 3.80. The summed E-state index contributed by atoms with van der Waals surface area (Å²) in [5.74, 6) is 0.555. The van der Waals surface area contributed by atoms with Crippen LogP contribution in [0.3, 0.4) is 0 Å². The lowest BCUT2D eigenvalue weighted by molar-refractivity contribution is 0.199. The number of nitrogens with zero attached hydrogens (tertiary/aromatic N) is 1. The zero-order chi connectivity index (χ0) is 15.0. The number of aryl methyl sites for hydroxylation is 1. The Labute approximate surface area is 128 Å². The summed E-state index contributed by atoms with van der Waals surface area (Å²) in [6, 6.07) is 13.3. The molecule has 0 aliphatic carbocycles. The lowest BCUT2D eigenvalue weighted by Gasteiger charge is -2.27. The van der Waals surface area contributed by atoms with E-state index >= 15 is 0 Å². The van der Waals surface area contributed by atoms with Crippen LogP contribution in [0.1, 0.15) is 16.7 Å². The summed E-state index contributed by atoms with van der Waals surface area (Å²) < 4.78 is 5.43. The molecule has 1 amide bonds. The van der Waals surface area contributed by atoms with Gasteiger partial charge in [-0.25, -0.2) is 4.79 Å². The second kappa shape index (κ2) is 5.26. The largest absolute Gasteiger partial charge is 0.419 e. The summed E-state index contributed by atoms with van der Waals surface area (Å²) in [6.45, 7) is 2.01. The molecule has 0 saturated carbocycles. The van der Waals surface area contributed by atoms with E-state index in [1.54, 1.807) is 7.05 Å². The number of anilines is 1. The van der Waals surface area contributed by atoms with Crippen molar-refractivity contribution in [2.45, 2.75) is 6.92 Å². The van der Waals surface area contributed by atoms with Gasteiger partial charge in [-0.1, -0.05) is 35.4 Å². The third kappa shape index (κ3) is 2.65. The molecule has 4 heteroatoms. The van der Waals surface area contributed by atoms with Gasteiger partial charge in [0.2, 0.25) is 0 Å². The third-order valence-corrected chi connectivity index (χ3v) is 3.67. The SMILES string of the molecule is Cc1ccc2c(c1)/C(=C/c1ccc(Cl)cc1)OC(=O)N2C. The number of amides is 1. The fourth-order valence-corrected chi connectivity index (χ4v) is 2.40. The maximum atomic E-state index is 11.9. The molecular formula is C17H14ClNO2. The molecule has 1 heterocycles. The van der Waals surface area contributed by atoms with E-state index in [0.29, 0.717) is 10.8 Å². The molecule has 21 heavy (non-hydrogen) atoms. The number of hydrogen-bond acceptors (Lipinski definition) is 2. The number of rotatable bonds is 1. The van der Waals surface area contributed by atoms with Gasteiger partial charge >= 0.3 is 6.09 Å². The number of carbonyl (C=O) groups excluding carboxylic acids is 1. The topological polar surface area (TPSA) is 29.5 Å². The molecule has 0 atom stereocenters. The van der Waals surface area contributed by atoms with Crippen molar-refractivity contribution in [1.82, 2.24) is 0 Å². The third-order valence-electron chi connectivity index (χ3n) is 3.42. The minimum atomic E-state index is -0.383. The number of halogens is 1.